The molecule has 1 aliphatic carbocycles. The van der Waals surface area contributed by atoms with Gasteiger partial charge in [0, 0.05) is 18.2 Å². The summed E-state index contributed by atoms with van der Waals surface area (Å²) < 4.78 is 2.25. The minimum Gasteiger partial charge on any atom is -0.303 e. The molecule has 0 radical (unpaired) electrons. The average molecular weight is 303 g/mol. The van der Waals surface area contributed by atoms with Gasteiger partial charge in [-0.2, -0.15) is 10.5 Å². The van der Waals surface area contributed by atoms with Crippen LogP contribution >= 0.6 is 11.8 Å². The second-order valence-electron chi connectivity index (χ2n) is 5.53. The van der Waals surface area contributed by atoms with Crippen LogP contribution in [0.3, 0.4) is 0 Å². The summed E-state index contributed by atoms with van der Waals surface area (Å²) >= 11 is 1.60. The van der Waals surface area contributed by atoms with Crippen LogP contribution in [0.5, 0.6) is 0 Å². The topological polar surface area (TPSA) is 78.3 Å². The number of nitrogens with zero attached hydrogens (tertiary/aromatic N) is 5. The first kappa shape index (κ1) is 15.9. The Hall–Kier alpha value is -1.53. The van der Waals surface area contributed by atoms with Crippen LogP contribution in [-0.4, -0.2) is 20.5 Å². The fourth-order valence-electron chi connectivity index (χ4n) is 2.81. The van der Waals surface area contributed by atoms with Crippen LogP contribution in [0, 0.1) is 35.5 Å². The van der Waals surface area contributed by atoms with Gasteiger partial charge in [0.15, 0.2) is 5.16 Å². The number of hydrogen-bond donors (Lipinski definition) is 0. The fourth-order valence-corrected chi connectivity index (χ4v) is 3.92. The predicted octanol–water partition coefficient (Wildman–Crippen LogP) is 3.63. The van der Waals surface area contributed by atoms with Crippen LogP contribution in [0.4, 0.5) is 0 Å². The Bertz CT molecular complexity index is 533. The van der Waals surface area contributed by atoms with Crippen molar-refractivity contribution < 1.29 is 0 Å². The normalized spacial score (nSPS) is 17.1. The van der Waals surface area contributed by atoms with Gasteiger partial charge in [0.25, 0.3) is 0 Å². The molecule has 0 saturated heterocycles. The maximum Gasteiger partial charge on any atom is 0.191 e. The van der Waals surface area contributed by atoms with Crippen LogP contribution in [0.15, 0.2) is 5.16 Å². The molecule has 1 heterocycles. The van der Waals surface area contributed by atoms with Gasteiger partial charge in [-0.1, -0.05) is 31.0 Å². The summed E-state index contributed by atoms with van der Waals surface area (Å²) in [5.74, 6) is 1.56. The minimum absolute atomic E-state index is 0.0912. The molecule has 1 aromatic heterocycles. The van der Waals surface area contributed by atoms with E-state index >= 15 is 0 Å². The van der Waals surface area contributed by atoms with Crippen LogP contribution in [0.2, 0.25) is 0 Å². The fraction of sp³-hybridized carbons (Fsp3) is 0.733. The lowest BCUT2D eigenvalue weighted by molar-refractivity contribution is 0.332. The zero-order valence-corrected chi connectivity index (χ0v) is 13.3. The summed E-state index contributed by atoms with van der Waals surface area (Å²) in [4.78, 5) is 0. The average Bonchev–Trinajstić information content (AvgIpc) is 2.89. The largest absolute Gasteiger partial charge is 0.303 e. The lowest BCUT2D eigenvalue weighted by atomic mass is 9.95. The van der Waals surface area contributed by atoms with Crippen molar-refractivity contribution in [2.24, 2.45) is 5.92 Å². The van der Waals surface area contributed by atoms with E-state index in [0.29, 0.717) is 24.6 Å². The number of aryl methyl sites for hydroxylation is 1. The summed E-state index contributed by atoms with van der Waals surface area (Å²) in [6.45, 7) is 2.00. The summed E-state index contributed by atoms with van der Waals surface area (Å²) in [6.07, 6.45) is 7.34. The molecule has 1 aliphatic rings. The Balaban J connectivity index is 2.00. The van der Waals surface area contributed by atoms with Gasteiger partial charge in [0.2, 0.25) is 0 Å². The van der Waals surface area contributed by atoms with Gasteiger partial charge in [-0.05, 0) is 26.2 Å². The smallest absolute Gasteiger partial charge is 0.191 e. The summed E-state index contributed by atoms with van der Waals surface area (Å²) in [6, 6.07) is 4.90. The van der Waals surface area contributed by atoms with Crippen LogP contribution in [0.25, 0.3) is 0 Å². The van der Waals surface area contributed by atoms with Crippen molar-refractivity contribution in [1.29, 1.82) is 10.5 Å². The Morgan fingerprint density at radius 2 is 2.05 bits per heavy atom. The molecule has 0 aromatic carbocycles. The molecular weight excluding hydrogens is 282 g/mol. The SMILES string of the molecule is Cc1nnc(SC[C@H](C#N)CCC#N)n1C1CCCCC1. The van der Waals surface area contributed by atoms with Crippen LogP contribution in [-0.2, 0) is 0 Å². The molecule has 1 fully saturated rings. The van der Waals surface area contributed by atoms with Gasteiger partial charge in [0.05, 0.1) is 18.1 Å². The van der Waals surface area contributed by atoms with E-state index in [0.717, 1.165) is 11.0 Å². The maximum absolute atomic E-state index is 9.14. The molecule has 1 aromatic rings. The minimum atomic E-state index is -0.0912. The third kappa shape index (κ3) is 4.22. The van der Waals surface area contributed by atoms with Gasteiger partial charge in [-0.25, -0.2) is 0 Å². The van der Waals surface area contributed by atoms with E-state index in [9.17, 15) is 0 Å². The van der Waals surface area contributed by atoms with Crippen molar-refractivity contribution in [1.82, 2.24) is 14.8 Å². The molecule has 21 heavy (non-hydrogen) atoms. The Morgan fingerprint density at radius 1 is 1.29 bits per heavy atom. The van der Waals surface area contributed by atoms with Gasteiger partial charge < -0.3 is 4.57 Å². The number of nitriles is 2. The first-order valence-electron chi connectivity index (χ1n) is 7.57. The van der Waals surface area contributed by atoms with Gasteiger partial charge in [0.1, 0.15) is 5.82 Å². The number of thioether (sulfide) groups is 1. The van der Waals surface area contributed by atoms with Crippen molar-refractivity contribution in [3.63, 3.8) is 0 Å². The van der Waals surface area contributed by atoms with Crippen molar-refractivity contribution in [3.8, 4) is 12.1 Å². The monoisotopic (exact) mass is 303 g/mol. The lowest BCUT2D eigenvalue weighted by Crippen LogP contribution is -2.15. The molecule has 1 atom stereocenters. The third-order valence-electron chi connectivity index (χ3n) is 3.98. The van der Waals surface area contributed by atoms with E-state index in [1.165, 1.54) is 32.1 Å². The van der Waals surface area contributed by atoms with Crippen molar-refractivity contribution >= 4 is 11.8 Å². The summed E-state index contributed by atoms with van der Waals surface area (Å²) in [5, 5.41) is 27.2. The van der Waals surface area contributed by atoms with Crippen molar-refractivity contribution in [2.75, 3.05) is 5.75 Å². The molecule has 0 N–H and O–H groups in total. The Labute approximate surface area is 130 Å². The molecular formula is C15H21N5S. The molecule has 112 valence electrons. The molecule has 0 bridgehead atoms. The molecule has 0 amide bonds. The zero-order valence-electron chi connectivity index (χ0n) is 12.5. The predicted molar refractivity (Wildman–Crippen MR) is 81.6 cm³/mol. The molecule has 6 heteroatoms. The van der Waals surface area contributed by atoms with Gasteiger partial charge in [-0.15, -0.1) is 10.2 Å². The second kappa shape index (κ2) is 8.05. The molecule has 0 aliphatic heterocycles. The molecule has 0 spiro atoms. The highest BCUT2D eigenvalue weighted by molar-refractivity contribution is 7.99. The third-order valence-corrected chi connectivity index (χ3v) is 5.08. The molecule has 0 unspecified atom stereocenters. The molecule has 1 saturated carbocycles. The molecule has 5 nitrogen and oxygen atoms in total. The van der Waals surface area contributed by atoms with Crippen molar-refractivity contribution in [2.45, 2.75) is 63.1 Å². The van der Waals surface area contributed by atoms with Crippen LogP contribution in [0.1, 0.15) is 56.8 Å². The number of rotatable bonds is 6. The van der Waals surface area contributed by atoms with Crippen molar-refractivity contribution in [3.05, 3.63) is 5.82 Å². The number of hydrogen-bond acceptors (Lipinski definition) is 5. The van der Waals surface area contributed by atoms with E-state index in [1.54, 1.807) is 11.8 Å². The van der Waals surface area contributed by atoms with E-state index in [-0.39, 0.29) is 5.92 Å². The van der Waals surface area contributed by atoms with Gasteiger partial charge >= 0.3 is 0 Å². The highest BCUT2D eigenvalue weighted by Crippen LogP contribution is 2.33. The highest BCUT2D eigenvalue weighted by Gasteiger charge is 2.22. The van der Waals surface area contributed by atoms with E-state index in [2.05, 4.69) is 26.9 Å². The standard InChI is InChI=1S/C15H21N5S/c1-12-18-19-15(20(12)14-7-3-2-4-8-14)21-11-13(10-17)6-5-9-16/h13-14H,2-8,11H2,1H3/t13-/m0/s1. The van der Waals surface area contributed by atoms with E-state index < -0.39 is 0 Å². The summed E-state index contributed by atoms with van der Waals surface area (Å²) in [5.41, 5.74) is 0. The van der Waals surface area contributed by atoms with E-state index in [4.69, 9.17) is 10.5 Å². The summed E-state index contributed by atoms with van der Waals surface area (Å²) in [7, 11) is 0. The van der Waals surface area contributed by atoms with Crippen LogP contribution < -0.4 is 0 Å². The first-order chi connectivity index (χ1) is 10.3. The van der Waals surface area contributed by atoms with E-state index in [1.807, 2.05) is 6.92 Å². The second-order valence-corrected chi connectivity index (χ2v) is 6.51. The van der Waals surface area contributed by atoms with Gasteiger partial charge in [-0.3, -0.25) is 0 Å². The zero-order chi connectivity index (χ0) is 15.1. The quantitative estimate of drug-likeness (QED) is 0.750. The Kier molecular flexibility index (Phi) is 6.07. The Morgan fingerprint density at radius 3 is 2.71 bits per heavy atom. The maximum atomic E-state index is 9.14. The highest BCUT2D eigenvalue weighted by atomic mass is 32.2. The first-order valence-corrected chi connectivity index (χ1v) is 8.55. The lowest BCUT2D eigenvalue weighted by Gasteiger charge is -2.25. The number of aromatic nitrogens is 3. The molecule has 2 rings (SSSR count).